The predicted molar refractivity (Wildman–Crippen MR) is 88.3 cm³/mol. The number of methoxy groups -OCH3 is 3. The molecule has 2 aromatic carbocycles. The minimum Gasteiger partial charge on any atom is -0.497 e. The van der Waals surface area contributed by atoms with Crippen LogP contribution in [0.3, 0.4) is 0 Å². The molecule has 0 aliphatic carbocycles. The molecular weight excluding hydrogens is 330 g/mol. The van der Waals surface area contributed by atoms with Crippen LogP contribution in [0.2, 0.25) is 0 Å². The van der Waals surface area contributed by atoms with Crippen LogP contribution in [0, 0.1) is 10.1 Å². The van der Waals surface area contributed by atoms with Crippen LogP contribution in [0.4, 0.5) is 5.69 Å². The molecule has 0 saturated carbocycles. The van der Waals surface area contributed by atoms with Crippen LogP contribution in [-0.4, -0.2) is 32.2 Å². The molecule has 0 fully saturated rings. The lowest BCUT2D eigenvalue weighted by molar-refractivity contribution is -0.385. The predicted octanol–water partition coefficient (Wildman–Crippen LogP) is 2.98. The highest BCUT2D eigenvalue weighted by Gasteiger charge is 2.25. The first-order valence-corrected chi connectivity index (χ1v) is 7.20. The zero-order valence-electron chi connectivity index (χ0n) is 14.0. The fraction of sp³-hybridized carbons (Fsp3) is 0.235. The molecule has 2 rings (SSSR count). The fourth-order valence-electron chi connectivity index (χ4n) is 2.13. The number of hydrogen-bond donors (Lipinski definition) is 0. The van der Waals surface area contributed by atoms with E-state index in [9.17, 15) is 14.9 Å². The van der Waals surface area contributed by atoms with Gasteiger partial charge in [-0.15, -0.1) is 0 Å². The van der Waals surface area contributed by atoms with Crippen LogP contribution >= 0.6 is 0 Å². The first kappa shape index (κ1) is 18.1. The third-order valence-electron chi connectivity index (χ3n) is 3.45. The van der Waals surface area contributed by atoms with Gasteiger partial charge in [-0.05, 0) is 17.7 Å². The number of rotatable bonds is 7. The van der Waals surface area contributed by atoms with Gasteiger partial charge >= 0.3 is 5.97 Å². The van der Waals surface area contributed by atoms with E-state index in [1.807, 2.05) is 0 Å². The van der Waals surface area contributed by atoms with E-state index >= 15 is 0 Å². The molecule has 0 bridgehead atoms. The number of hydrogen-bond acceptors (Lipinski definition) is 7. The minimum absolute atomic E-state index is 0.0334. The van der Waals surface area contributed by atoms with Crippen molar-refractivity contribution in [2.45, 2.75) is 6.61 Å². The van der Waals surface area contributed by atoms with Crippen molar-refractivity contribution in [2.24, 2.45) is 0 Å². The van der Waals surface area contributed by atoms with E-state index in [0.717, 1.165) is 11.6 Å². The standard InChI is InChI=1S/C17H17NO7/c1-22-12-6-4-11(5-7-12)10-25-17(19)13-8-15(23-2)16(24-3)9-14(13)18(20)21/h4-9H,10H2,1-3H3. The van der Waals surface area contributed by atoms with Crippen molar-refractivity contribution in [3.05, 3.63) is 57.6 Å². The maximum atomic E-state index is 12.3. The average Bonchev–Trinajstić information content (AvgIpc) is 2.65. The first-order chi connectivity index (χ1) is 12.0. The van der Waals surface area contributed by atoms with Crippen LogP contribution in [0.5, 0.6) is 17.2 Å². The molecule has 25 heavy (non-hydrogen) atoms. The van der Waals surface area contributed by atoms with E-state index in [0.29, 0.717) is 5.75 Å². The second kappa shape index (κ2) is 8.00. The Labute approximate surface area is 144 Å². The Balaban J connectivity index is 2.23. The molecule has 0 unspecified atom stereocenters. The van der Waals surface area contributed by atoms with Gasteiger partial charge in [0.1, 0.15) is 17.9 Å². The maximum absolute atomic E-state index is 12.3. The maximum Gasteiger partial charge on any atom is 0.345 e. The Hall–Kier alpha value is -3.29. The number of carbonyl (C=O) groups is 1. The first-order valence-electron chi connectivity index (χ1n) is 7.20. The summed E-state index contributed by atoms with van der Waals surface area (Å²) in [5.41, 5.74) is 0.0887. The summed E-state index contributed by atoms with van der Waals surface area (Å²) in [6.45, 7) is -0.0334. The smallest absolute Gasteiger partial charge is 0.345 e. The summed E-state index contributed by atoms with van der Waals surface area (Å²) in [6, 6.07) is 9.27. The number of carbonyl (C=O) groups excluding carboxylic acids is 1. The number of ether oxygens (including phenoxy) is 4. The monoisotopic (exact) mass is 347 g/mol. The molecular formula is C17H17NO7. The summed E-state index contributed by atoms with van der Waals surface area (Å²) < 4.78 is 20.3. The highest BCUT2D eigenvalue weighted by molar-refractivity contribution is 5.95. The lowest BCUT2D eigenvalue weighted by atomic mass is 10.1. The lowest BCUT2D eigenvalue weighted by Gasteiger charge is -2.10. The van der Waals surface area contributed by atoms with Gasteiger partial charge in [0.25, 0.3) is 5.69 Å². The van der Waals surface area contributed by atoms with Gasteiger partial charge in [-0.1, -0.05) is 12.1 Å². The number of benzene rings is 2. The van der Waals surface area contributed by atoms with E-state index in [1.54, 1.807) is 31.4 Å². The molecule has 132 valence electrons. The molecule has 2 aromatic rings. The molecule has 0 radical (unpaired) electrons. The van der Waals surface area contributed by atoms with Crippen molar-refractivity contribution in [3.63, 3.8) is 0 Å². The van der Waals surface area contributed by atoms with Crippen molar-refractivity contribution in [2.75, 3.05) is 21.3 Å². The summed E-state index contributed by atoms with van der Waals surface area (Å²) in [7, 11) is 4.27. The Kier molecular flexibility index (Phi) is 5.78. The topological polar surface area (TPSA) is 97.1 Å². The molecule has 0 heterocycles. The van der Waals surface area contributed by atoms with Crippen LogP contribution in [0.15, 0.2) is 36.4 Å². The Bertz CT molecular complexity index is 771. The van der Waals surface area contributed by atoms with Gasteiger partial charge < -0.3 is 18.9 Å². The summed E-state index contributed by atoms with van der Waals surface area (Å²) >= 11 is 0. The largest absolute Gasteiger partial charge is 0.497 e. The third-order valence-corrected chi connectivity index (χ3v) is 3.45. The zero-order valence-corrected chi connectivity index (χ0v) is 14.0. The van der Waals surface area contributed by atoms with E-state index in [-0.39, 0.29) is 23.7 Å². The Morgan fingerprint density at radius 1 is 1.00 bits per heavy atom. The molecule has 0 aliphatic heterocycles. The van der Waals surface area contributed by atoms with Gasteiger partial charge in [-0.3, -0.25) is 10.1 Å². The Morgan fingerprint density at radius 2 is 1.60 bits per heavy atom. The molecule has 0 spiro atoms. The van der Waals surface area contributed by atoms with Gasteiger partial charge in [0.05, 0.1) is 32.3 Å². The third kappa shape index (κ3) is 4.17. The molecule has 0 atom stereocenters. The van der Waals surface area contributed by atoms with Crippen molar-refractivity contribution in [3.8, 4) is 17.2 Å². The fourth-order valence-corrected chi connectivity index (χ4v) is 2.13. The van der Waals surface area contributed by atoms with E-state index in [2.05, 4.69) is 0 Å². The zero-order chi connectivity index (χ0) is 18.4. The highest BCUT2D eigenvalue weighted by atomic mass is 16.6. The van der Waals surface area contributed by atoms with Gasteiger partial charge in [-0.25, -0.2) is 4.79 Å². The number of nitrogens with zero attached hydrogens (tertiary/aromatic N) is 1. The summed E-state index contributed by atoms with van der Waals surface area (Å²) in [4.78, 5) is 22.8. The van der Waals surface area contributed by atoms with Crippen LogP contribution in [0.25, 0.3) is 0 Å². The second-order valence-corrected chi connectivity index (χ2v) is 4.91. The van der Waals surface area contributed by atoms with Crippen molar-refractivity contribution < 1.29 is 28.7 Å². The number of nitro groups is 1. The average molecular weight is 347 g/mol. The molecule has 0 N–H and O–H groups in total. The molecule has 0 amide bonds. The van der Waals surface area contributed by atoms with Crippen LogP contribution < -0.4 is 14.2 Å². The quantitative estimate of drug-likeness (QED) is 0.431. The molecule has 0 aromatic heterocycles. The van der Waals surface area contributed by atoms with Crippen molar-refractivity contribution in [1.29, 1.82) is 0 Å². The second-order valence-electron chi connectivity index (χ2n) is 4.91. The highest BCUT2D eigenvalue weighted by Crippen LogP contribution is 2.34. The molecule has 8 heteroatoms. The molecule has 0 aliphatic rings. The van der Waals surface area contributed by atoms with E-state index in [4.69, 9.17) is 18.9 Å². The van der Waals surface area contributed by atoms with E-state index < -0.39 is 16.6 Å². The number of esters is 1. The van der Waals surface area contributed by atoms with E-state index in [1.165, 1.54) is 20.3 Å². The molecule has 8 nitrogen and oxygen atoms in total. The van der Waals surface area contributed by atoms with Crippen molar-refractivity contribution in [1.82, 2.24) is 0 Å². The van der Waals surface area contributed by atoms with Crippen LogP contribution in [0.1, 0.15) is 15.9 Å². The summed E-state index contributed by atoms with van der Waals surface area (Å²) in [5, 5.41) is 11.2. The van der Waals surface area contributed by atoms with Gasteiger partial charge in [0, 0.05) is 6.07 Å². The number of nitro benzene ring substituents is 1. The van der Waals surface area contributed by atoms with Gasteiger partial charge in [0.15, 0.2) is 11.5 Å². The Morgan fingerprint density at radius 3 is 2.12 bits per heavy atom. The van der Waals surface area contributed by atoms with Gasteiger partial charge in [-0.2, -0.15) is 0 Å². The molecule has 0 saturated heterocycles. The summed E-state index contributed by atoms with van der Waals surface area (Å²) in [5.74, 6) is 0.194. The lowest BCUT2D eigenvalue weighted by Crippen LogP contribution is -2.09. The SMILES string of the molecule is COc1ccc(COC(=O)c2cc(OC)c(OC)cc2[N+](=O)[O-])cc1. The normalized spacial score (nSPS) is 10.0. The summed E-state index contributed by atoms with van der Waals surface area (Å²) in [6.07, 6.45) is 0. The van der Waals surface area contributed by atoms with Crippen LogP contribution in [-0.2, 0) is 11.3 Å². The van der Waals surface area contributed by atoms with Crippen molar-refractivity contribution >= 4 is 11.7 Å². The van der Waals surface area contributed by atoms with Gasteiger partial charge in [0.2, 0.25) is 0 Å². The minimum atomic E-state index is -0.830.